The zero-order chi connectivity index (χ0) is 20.1. The molecule has 8 heteroatoms. The Morgan fingerprint density at radius 1 is 1.18 bits per heavy atom. The topological polar surface area (TPSA) is 77.2 Å². The molecule has 3 aromatic rings. The summed E-state index contributed by atoms with van der Waals surface area (Å²) in [4.78, 5) is 16.2. The van der Waals surface area contributed by atoms with Gasteiger partial charge in [0.25, 0.3) is 11.8 Å². The fraction of sp³-hybridized carbons (Fsp3) is 0.250. The first-order chi connectivity index (χ1) is 13.4. The molecule has 0 fully saturated rings. The van der Waals surface area contributed by atoms with E-state index in [9.17, 15) is 13.6 Å². The molecule has 0 bridgehead atoms. The summed E-state index contributed by atoms with van der Waals surface area (Å²) in [6.45, 7) is 3.66. The maximum Gasteiger partial charge on any atom is 0.258 e. The Morgan fingerprint density at radius 3 is 2.57 bits per heavy atom. The number of nitrogens with zero attached hydrogens (tertiary/aromatic N) is 2. The van der Waals surface area contributed by atoms with Gasteiger partial charge in [0.05, 0.1) is 0 Å². The summed E-state index contributed by atoms with van der Waals surface area (Å²) in [6.07, 6.45) is 0. The summed E-state index contributed by atoms with van der Waals surface area (Å²) in [6, 6.07) is 10.1. The lowest BCUT2D eigenvalue weighted by Gasteiger charge is -2.08. The molecule has 0 unspecified atom stereocenters. The third-order valence-electron chi connectivity index (χ3n) is 3.92. The van der Waals surface area contributed by atoms with Gasteiger partial charge in [-0.1, -0.05) is 25.1 Å². The van der Waals surface area contributed by atoms with E-state index in [2.05, 4.69) is 15.5 Å². The molecule has 2 aromatic carbocycles. The Hall–Kier alpha value is -3.29. The number of halogens is 2. The molecule has 146 valence electrons. The first kappa shape index (κ1) is 19.5. The van der Waals surface area contributed by atoms with E-state index in [1.54, 1.807) is 24.3 Å². The zero-order valence-corrected chi connectivity index (χ0v) is 15.4. The lowest BCUT2D eigenvalue weighted by atomic mass is 10.2. The monoisotopic (exact) mass is 387 g/mol. The van der Waals surface area contributed by atoms with E-state index in [4.69, 9.17) is 9.26 Å². The highest BCUT2D eigenvalue weighted by Crippen LogP contribution is 2.22. The van der Waals surface area contributed by atoms with E-state index in [-0.39, 0.29) is 24.6 Å². The summed E-state index contributed by atoms with van der Waals surface area (Å²) in [5.41, 5.74) is 0.933. The summed E-state index contributed by atoms with van der Waals surface area (Å²) in [5, 5.41) is 6.43. The van der Waals surface area contributed by atoms with Crippen molar-refractivity contribution in [2.75, 3.05) is 6.61 Å². The second-order valence-corrected chi connectivity index (χ2v) is 6.44. The van der Waals surface area contributed by atoms with Gasteiger partial charge in [-0.2, -0.15) is 4.98 Å². The second kappa shape index (κ2) is 8.60. The molecule has 1 heterocycles. The van der Waals surface area contributed by atoms with Crippen molar-refractivity contribution < 1.29 is 22.8 Å². The predicted octanol–water partition coefficient (Wildman–Crippen LogP) is 3.83. The van der Waals surface area contributed by atoms with Crippen LogP contribution in [-0.4, -0.2) is 22.7 Å². The maximum atomic E-state index is 13.5. The average molecular weight is 387 g/mol. The zero-order valence-electron chi connectivity index (χ0n) is 15.4. The van der Waals surface area contributed by atoms with Crippen LogP contribution in [0.5, 0.6) is 5.75 Å². The van der Waals surface area contributed by atoms with Crippen LogP contribution >= 0.6 is 0 Å². The second-order valence-electron chi connectivity index (χ2n) is 6.44. The van der Waals surface area contributed by atoms with Crippen molar-refractivity contribution in [1.29, 1.82) is 0 Å². The van der Waals surface area contributed by atoms with Gasteiger partial charge in [0.1, 0.15) is 17.4 Å². The molecule has 0 aliphatic heterocycles. The number of carbonyl (C=O) groups is 1. The normalized spacial score (nSPS) is 10.9. The van der Waals surface area contributed by atoms with Crippen molar-refractivity contribution in [2.45, 2.75) is 26.3 Å². The van der Waals surface area contributed by atoms with E-state index < -0.39 is 17.5 Å². The SMILES string of the molecule is CC(C)c1noc(-c2ccc(OCC(=O)NCc3ccc(F)cc3F)cc2)n1. The maximum absolute atomic E-state index is 13.5. The Labute approximate surface area is 160 Å². The lowest BCUT2D eigenvalue weighted by molar-refractivity contribution is -0.123. The summed E-state index contributed by atoms with van der Waals surface area (Å²) < 4.78 is 37.0. The summed E-state index contributed by atoms with van der Waals surface area (Å²) in [5.74, 6) is -0.110. The molecule has 0 spiro atoms. The number of hydrogen-bond acceptors (Lipinski definition) is 5. The van der Waals surface area contributed by atoms with Gasteiger partial charge in [-0.05, 0) is 30.3 Å². The highest BCUT2D eigenvalue weighted by molar-refractivity contribution is 5.77. The quantitative estimate of drug-likeness (QED) is 0.667. The summed E-state index contributed by atoms with van der Waals surface area (Å²) in [7, 11) is 0. The van der Waals surface area contributed by atoms with Crippen LogP contribution in [0.25, 0.3) is 11.5 Å². The van der Waals surface area contributed by atoms with Gasteiger partial charge in [-0.3, -0.25) is 4.79 Å². The van der Waals surface area contributed by atoms with E-state index in [0.717, 1.165) is 17.7 Å². The molecule has 3 rings (SSSR count). The smallest absolute Gasteiger partial charge is 0.258 e. The van der Waals surface area contributed by atoms with Crippen molar-refractivity contribution in [2.24, 2.45) is 0 Å². The van der Waals surface area contributed by atoms with Crippen LogP contribution in [0.2, 0.25) is 0 Å². The molecular formula is C20H19F2N3O3. The van der Waals surface area contributed by atoms with Crippen LogP contribution < -0.4 is 10.1 Å². The number of ether oxygens (including phenoxy) is 1. The molecule has 1 amide bonds. The first-order valence-corrected chi connectivity index (χ1v) is 8.70. The minimum Gasteiger partial charge on any atom is -0.484 e. The molecule has 1 N–H and O–H groups in total. The third kappa shape index (κ3) is 4.91. The fourth-order valence-corrected chi connectivity index (χ4v) is 2.34. The van der Waals surface area contributed by atoms with Gasteiger partial charge in [-0.15, -0.1) is 0 Å². The molecular weight excluding hydrogens is 368 g/mol. The predicted molar refractivity (Wildman–Crippen MR) is 97.5 cm³/mol. The van der Waals surface area contributed by atoms with Gasteiger partial charge in [-0.25, -0.2) is 8.78 Å². The number of carbonyl (C=O) groups excluding carboxylic acids is 1. The first-order valence-electron chi connectivity index (χ1n) is 8.70. The third-order valence-corrected chi connectivity index (χ3v) is 3.92. The standard InChI is InChI=1S/C20H19F2N3O3/c1-12(2)19-24-20(28-25-19)13-4-7-16(8-5-13)27-11-18(26)23-10-14-3-6-15(21)9-17(14)22/h3-9,12H,10-11H2,1-2H3,(H,23,26). The van der Waals surface area contributed by atoms with Gasteiger partial charge in [0, 0.05) is 29.7 Å². The number of rotatable bonds is 7. The molecule has 0 saturated carbocycles. The van der Waals surface area contributed by atoms with Crippen LogP contribution in [0.3, 0.4) is 0 Å². The van der Waals surface area contributed by atoms with Crippen molar-refractivity contribution >= 4 is 5.91 Å². The Balaban J connectivity index is 1.50. The van der Waals surface area contributed by atoms with Crippen molar-refractivity contribution in [1.82, 2.24) is 15.5 Å². The van der Waals surface area contributed by atoms with Crippen molar-refractivity contribution in [3.8, 4) is 17.2 Å². The van der Waals surface area contributed by atoms with Crippen LogP contribution in [0.15, 0.2) is 47.0 Å². The van der Waals surface area contributed by atoms with E-state index in [0.29, 0.717) is 17.5 Å². The highest BCUT2D eigenvalue weighted by atomic mass is 19.1. The number of amides is 1. The van der Waals surface area contributed by atoms with Crippen LogP contribution in [0.1, 0.15) is 31.2 Å². The average Bonchev–Trinajstić information content (AvgIpc) is 3.16. The molecule has 1 aromatic heterocycles. The van der Waals surface area contributed by atoms with Gasteiger partial charge >= 0.3 is 0 Å². The Bertz CT molecular complexity index is 956. The van der Waals surface area contributed by atoms with Crippen LogP contribution in [0, 0.1) is 11.6 Å². The fourth-order valence-electron chi connectivity index (χ4n) is 2.34. The highest BCUT2D eigenvalue weighted by Gasteiger charge is 2.12. The van der Waals surface area contributed by atoms with E-state index in [1.807, 2.05) is 13.8 Å². The van der Waals surface area contributed by atoms with E-state index >= 15 is 0 Å². The van der Waals surface area contributed by atoms with Crippen LogP contribution in [0.4, 0.5) is 8.78 Å². The lowest BCUT2D eigenvalue weighted by Crippen LogP contribution is -2.28. The molecule has 0 aliphatic rings. The van der Waals surface area contributed by atoms with Crippen molar-refractivity contribution in [3.05, 3.63) is 65.5 Å². The van der Waals surface area contributed by atoms with Gasteiger partial charge < -0.3 is 14.6 Å². The number of benzene rings is 2. The van der Waals surface area contributed by atoms with Gasteiger partial charge in [0.2, 0.25) is 0 Å². The molecule has 28 heavy (non-hydrogen) atoms. The Morgan fingerprint density at radius 2 is 1.93 bits per heavy atom. The largest absolute Gasteiger partial charge is 0.484 e. The molecule has 0 saturated heterocycles. The van der Waals surface area contributed by atoms with Crippen LogP contribution in [-0.2, 0) is 11.3 Å². The number of hydrogen-bond donors (Lipinski definition) is 1. The van der Waals surface area contributed by atoms with Gasteiger partial charge in [0.15, 0.2) is 12.4 Å². The molecule has 0 aliphatic carbocycles. The molecule has 0 atom stereocenters. The molecule has 6 nitrogen and oxygen atoms in total. The molecule has 0 radical (unpaired) electrons. The minimum atomic E-state index is -0.710. The van der Waals surface area contributed by atoms with E-state index in [1.165, 1.54) is 6.07 Å². The summed E-state index contributed by atoms with van der Waals surface area (Å²) >= 11 is 0. The Kier molecular flexibility index (Phi) is 5.98. The number of nitrogens with one attached hydrogen (secondary N) is 1. The van der Waals surface area contributed by atoms with Crippen molar-refractivity contribution in [3.63, 3.8) is 0 Å². The minimum absolute atomic E-state index is 0.0530. The number of aromatic nitrogens is 2.